The quantitative estimate of drug-likeness (QED) is 0.275. The molecule has 0 aromatic heterocycles. The fraction of sp³-hybridized carbons (Fsp3) is 0.333. The Labute approximate surface area is 262 Å². The number of methoxy groups -OCH3 is 1. The van der Waals surface area contributed by atoms with Crippen LogP contribution in [0.5, 0.6) is 5.75 Å². The second kappa shape index (κ2) is 14.0. The van der Waals surface area contributed by atoms with E-state index in [1.54, 1.807) is 24.3 Å². The molecule has 0 radical (unpaired) electrons. The SMILES string of the molecule is COc1ccc(Cl)cc1N(CC(=O)N(Cc1ccc(Cl)c(Cl)c1)C(Cc1ccccc1)C(=O)NC(C)(C)C)S(C)(=O)=O. The molecule has 0 fully saturated rings. The first-order valence-corrected chi connectivity index (χ1v) is 16.0. The van der Waals surface area contributed by atoms with Crippen LogP contribution in [0.2, 0.25) is 15.1 Å². The Hall–Kier alpha value is -2.98. The van der Waals surface area contributed by atoms with Crippen LogP contribution < -0.4 is 14.4 Å². The summed E-state index contributed by atoms with van der Waals surface area (Å²) in [6.07, 6.45) is 1.16. The average molecular weight is 655 g/mol. The van der Waals surface area contributed by atoms with Crippen molar-refractivity contribution in [1.29, 1.82) is 0 Å². The topological polar surface area (TPSA) is 96.0 Å². The van der Waals surface area contributed by atoms with Crippen LogP contribution in [0, 0.1) is 0 Å². The maximum Gasteiger partial charge on any atom is 0.244 e. The van der Waals surface area contributed by atoms with Crippen molar-refractivity contribution < 1.29 is 22.7 Å². The lowest BCUT2D eigenvalue weighted by molar-refractivity contribution is -0.140. The van der Waals surface area contributed by atoms with E-state index in [-0.39, 0.29) is 34.4 Å². The van der Waals surface area contributed by atoms with Crippen LogP contribution in [0.15, 0.2) is 66.7 Å². The molecule has 0 saturated heterocycles. The molecule has 1 unspecified atom stereocenters. The van der Waals surface area contributed by atoms with E-state index >= 15 is 0 Å². The number of nitrogens with one attached hydrogen (secondary N) is 1. The van der Waals surface area contributed by atoms with E-state index in [2.05, 4.69) is 5.32 Å². The van der Waals surface area contributed by atoms with Crippen LogP contribution in [-0.4, -0.2) is 56.6 Å². The summed E-state index contributed by atoms with van der Waals surface area (Å²) in [7, 11) is -2.62. The van der Waals surface area contributed by atoms with Crippen molar-refractivity contribution in [3.05, 3.63) is 92.9 Å². The smallest absolute Gasteiger partial charge is 0.244 e. The van der Waals surface area contributed by atoms with Gasteiger partial charge in [-0.3, -0.25) is 13.9 Å². The molecule has 0 saturated carbocycles. The number of carbonyl (C=O) groups is 2. The molecule has 8 nitrogen and oxygen atoms in total. The average Bonchev–Trinajstić information content (AvgIpc) is 2.90. The number of ether oxygens (including phenoxy) is 1. The van der Waals surface area contributed by atoms with Crippen LogP contribution in [-0.2, 0) is 32.6 Å². The van der Waals surface area contributed by atoms with Gasteiger partial charge in [0.05, 0.1) is 29.1 Å². The van der Waals surface area contributed by atoms with E-state index in [4.69, 9.17) is 39.5 Å². The minimum atomic E-state index is -4.01. The third kappa shape index (κ3) is 9.26. The molecule has 0 bridgehead atoms. The molecule has 0 heterocycles. The van der Waals surface area contributed by atoms with E-state index in [1.807, 2.05) is 51.1 Å². The number of benzene rings is 3. The highest BCUT2D eigenvalue weighted by Crippen LogP contribution is 2.33. The first-order valence-electron chi connectivity index (χ1n) is 13.0. The summed E-state index contributed by atoms with van der Waals surface area (Å²) in [6.45, 7) is 4.85. The summed E-state index contributed by atoms with van der Waals surface area (Å²) >= 11 is 18.6. The van der Waals surface area contributed by atoms with Crippen LogP contribution in [0.1, 0.15) is 31.9 Å². The first-order chi connectivity index (χ1) is 19.6. The summed E-state index contributed by atoms with van der Waals surface area (Å²) in [5.41, 5.74) is 0.909. The van der Waals surface area contributed by atoms with Crippen molar-refractivity contribution in [2.45, 2.75) is 45.3 Å². The molecule has 0 aliphatic heterocycles. The van der Waals surface area contributed by atoms with Crippen molar-refractivity contribution in [2.75, 3.05) is 24.2 Å². The zero-order chi connectivity index (χ0) is 31.2. The maximum atomic E-state index is 14.2. The molecule has 1 N–H and O–H groups in total. The second-order valence-corrected chi connectivity index (χ2v) is 14.0. The fourth-order valence-corrected chi connectivity index (χ4v) is 5.63. The summed E-state index contributed by atoms with van der Waals surface area (Å²) < 4.78 is 32.4. The van der Waals surface area contributed by atoms with Gasteiger partial charge in [-0.1, -0.05) is 71.2 Å². The largest absolute Gasteiger partial charge is 0.495 e. The monoisotopic (exact) mass is 653 g/mol. The molecular formula is C30H34Cl3N3O5S. The first kappa shape index (κ1) is 33.5. The van der Waals surface area contributed by atoms with Crippen molar-refractivity contribution in [3.63, 3.8) is 0 Å². The lowest BCUT2D eigenvalue weighted by Crippen LogP contribution is -2.56. The number of rotatable bonds is 11. The highest BCUT2D eigenvalue weighted by Gasteiger charge is 2.35. The number of nitrogens with zero attached hydrogens (tertiary/aromatic N) is 2. The maximum absolute atomic E-state index is 14.2. The van der Waals surface area contributed by atoms with Crippen molar-refractivity contribution >= 4 is 62.3 Å². The zero-order valence-electron chi connectivity index (χ0n) is 24.0. The minimum Gasteiger partial charge on any atom is -0.495 e. The molecule has 2 amide bonds. The van der Waals surface area contributed by atoms with Gasteiger partial charge >= 0.3 is 0 Å². The Bertz CT molecular complexity index is 1530. The molecule has 0 aliphatic rings. The predicted molar refractivity (Wildman–Crippen MR) is 169 cm³/mol. The second-order valence-electron chi connectivity index (χ2n) is 10.8. The van der Waals surface area contributed by atoms with Gasteiger partial charge in [0, 0.05) is 23.5 Å². The zero-order valence-corrected chi connectivity index (χ0v) is 27.1. The van der Waals surface area contributed by atoms with Crippen LogP contribution in [0.25, 0.3) is 0 Å². The fourth-order valence-electron chi connectivity index (χ4n) is 4.29. The van der Waals surface area contributed by atoms with E-state index in [0.29, 0.717) is 10.6 Å². The van der Waals surface area contributed by atoms with Gasteiger partial charge in [-0.2, -0.15) is 0 Å². The standard InChI is InChI=1S/C30H34Cl3N3O5S/c1-30(2,3)34-29(38)26(16-20-9-7-6-8-10-20)35(18-21-11-13-23(32)24(33)15-21)28(37)19-36(42(5,39)40)25-17-22(31)12-14-27(25)41-4/h6-15,17,26H,16,18-19H2,1-5H3,(H,34,38). The van der Waals surface area contributed by atoms with Gasteiger partial charge in [-0.05, 0) is 62.2 Å². The van der Waals surface area contributed by atoms with Crippen molar-refractivity contribution in [3.8, 4) is 5.75 Å². The molecule has 0 aliphatic carbocycles. The van der Waals surface area contributed by atoms with E-state index in [1.165, 1.54) is 24.1 Å². The lowest BCUT2D eigenvalue weighted by atomic mass is 10.0. The number of amides is 2. The molecule has 3 rings (SSSR count). The summed E-state index contributed by atoms with van der Waals surface area (Å²) in [6, 6.07) is 17.6. The Morgan fingerprint density at radius 3 is 2.17 bits per heavy atom. The van der Waals surface area contributed by atoms with Gasteiger partial charge in [-0.15, -0.1) is 0 Å². The van der Waals surface area contributed by atoms with Crippen molar-refractivity contribution in [1.82, 2.24) is 10.2 Å². The van der Waals surface area contributed by atoms with E-state index in [9.17, 15) is 18.0 Å². The summed E-state index contributed by atoms with van der Waals surface area (Å²) in [4.78, 5) is 29.4. The third-order valence-corrected chi connectivity index (χ3v) is 8.30. The van der Waals surface area contributed by atoms with Gasteiger partial charge in [0.1, 0.15) is 18.3 Å². The van der Waals surface area contributed by atoms with E-state index in [0.717, 1.165) is 16.1 Å². The minimum absolute atomic E-state index is 0.0466. The number of carbonyl (C=O) groups excluding carboxylic acids is 2. The van der Waals surface area contributed by atoms with Gasteiger partial charge in [0.25, 0.3) is 0 Å². The number of sulfonamides is 1. The summed E-state index contributed by atoms with van der Waals surface area (Å²) in [5.74, 6) is -0.815. The van der Waals surface area contributed by atoms with Crippen molar-refractivity contribution in [2.24, 2.45) is 0 Å². The Balaban J connectivity index is 2.14. The van der Waals surface area contributed by atoms with Crippen LogP contribution >= 0.6 is 34.8 Å². The molecule has 3 aromatic rings. The Kier molecular flexibility index (Phi) is 11.2. The Morgan fingerprint density at radius 1 is 0.929 bits per heavy atom. The number of halogens is 3. The van der Waals surface area contributed by atoms with Gasteiger partial charge in [0.2, 0.25) is 21.8 Å². The van der Waals surface area contributed by atoms with Gasteiger partial charge in [-0.25, -0.2) is 8.42 Å². The molecule has 0 spiro atoms. The Morgan fingerprint density at radius 2 is 1.60 bits per heavy atom. The molecule has 226 valence electrons. The highest BCUT2D eigenvalue weighted by molar-refractivity contribution is 7.92. The molecule has 1 atom stereocenters. The molecule has 12 heteroatoms. The predicted octanol–water partition coefficient (Wildman–Crippen LogP) is 5.98. The lowest BCUT2D eigenvalue weighted by Gasteiger charge is -2.35. The van der Waals surface area contributed by atoms with Crippen LogP contribution in [0.4, 0.5) is 5.69 Å². The van der Waals surface area contributed by atoms with Gasteiger partial charge in [0.15, 0.2) is 0 Å². The number of anilines is 1. The molecular weight excluding hydrogens is 621 g/mol. The highest BCUT2D eigenvalue weighted by atomic mass is 35.5. The summed E-state index contributed by atoms with van der Waals surface area (Å²) in [5, 5.41) is 3.84. The van der Waals surface area contributed by atoms with E-state index < -0.39 is 40.0 Å². The van der Waals surface area contributed by atoms with Gasteiger partial charge < -0.3 is 15.0 Å². The third-order valence-electron chi connectivity index (χ3n) is 6.20. The number of hydrogen-bond donors (Lipinski definition) is 1. The molecule has 42 heavy (non-hydrogen) atoms. The molecule has 3 aromatic carbocycles. The normalized spacial score (nSPS) is 12.4. The van der Waals surface area contributed by atoms with Crippen LogP contribution in [0.3, 0.4) is 0 Å². The number of hydrogen-bond acceptors (Lipinski definition) is 5.